The molecule has 0 aromatic heterocycles. The molecule has 0 fully saturated rings. The van der Waals surface area contributed by atoms with Gasteiger partial charge in [-0.15, -0.1) is 0 Å². The number of hydrogen-bond donors (Lipinski definition) is 0. The van der Waals surface area contributed by atoms with Crippen molar-refractivity contribution in [1.29, 1.82) is 0 Å². The molecule has 0 radical (unpaired) electrons. The van der Waals surface area contributed by atoms with E-state index in [4.69, 9.17) is 0 Å². The second-order valence-corrected chi connectivity index (χ2v) is 4.73. The van der Waals surface area contributed by atoms with Gasteiger partial charge < -0.3 is 4.90 Å². The fourth-order valence-electron chi connectivity index (χ4n) is 2.49. The SMILES string of the molecule is CN(C1=c2ccccc2=CC=CC1)c1ccccc1. The van der Waals surface area contributed by atoms with Crippen molar-refractivity contribution in [2.45, 2.75) is 6.42 Å². The van der Waals surface area contributed by atoms with Gasteiger partial charge in [0.15, 0.2) is 0 Å². The van der Waals surface area contributed by atoms with E-state index < -0.39 is 0 Å². The summed E-state index contributed by atoms with van der Waals surface area (Å²) in [5.74, 6) is 0. The van der Waals surface area contributed by atoms with Gasteiger partial charge in [0.2, 0.25) is 0 Å². The summed E-state index contributed by atoms with van der Waals surface area (Å²) >= 11 is 0. The molecule has 1 aliphatic carbocycles. The highest BCUT2D eigenvalue weighted by molar-refractivity contribution is 5.69. The molecule has 19 heavy (non-hydrogen) atoms. The monoisotopic (exact) mass is 247 g/mol. The van der Waals surface area contributed by atoms with Crippen LogP contribution in [0.5, 0.6) is 0 Å². The Bertz CT molecular complexity index is 711. The zero-order valence-corrected chi connectivity index (χ0v) is 11.1. The molecule has 0 bridgehead atoms. The molecule has 3 rings (SSSR count). The molecule has 0 aliphatic heterocycles. The highest BCUT2D eigenvalue weighted by Crippen LogP contribution is 2.19. The Morgan fingerprint density at radius 3 is 2.47 bits per heavy atom. The summed E-state index contributed by atoms with van der Waals surface area (Å²) in [6.45, 7) is 0. The number of fused-ring (bicyclic) bond motifs is 1. The lowest BCUT2D eigenvalue weighted by atomic mass is 10.1. The minimum absolute atomic E-state index is 0.957. The molecule has 1 nitrogen and oxygen atoms in total. The largest absolute Gasteiger partial charge is 0.347 e. The van der Waals surface area contributed by atoms with Crippen molar-refractivity contribution in [3.63, 3.8) is 0 Å². The lowest BCUT2D eigenvalue weighted by Gasteiger charge is -2.22. The molecule has 2 aromatic carbocycles. The van der Waals surface area contributed by atoms with Gasteiger partial charge in [0.1, 0.15) is 0 Å². The maximum absolute atomic E-state index is 2.28. The number of rotatable bonds is 2. The first-order valence-corrected chi connectivity index (χ1v) is 6.60. The van der Waals surface area contributed by atoms with Crippen LogP contribution in [0.4, 0.5) is 5.69 Å². The molecule has 0 amide bonds. The number of allylic oxidation sites excluding steroid dienone is 1. The van der Waals surface area contributed by atoms with Gasteiger partial charge in [0, 0.05) is 30.1 Å². The highest BCUT2D eigenvalue weighted by Gasteiger charge is 2.08. The molecular weight excluding hydrogens is 230 g/mol. The number of anilines is 1. The maximum Gasteiger partial charge on any atom is 0.0405 e. The number of hydrogen-bond acceptors (Lipinski definition) is 1. The first kappa shape index (κ1) is 11.8. The molecule has 0 heterocycles. The first-order valence-electron chi connectivity index (χ1n) is 6.60. The second-order valence-electron chi connectivity index (χ2n) is 4.73. The number of nitrogens with zero attached hydrogens (tertiary/aromatic N) is 1. The third-order valence-electron chi connectivity index (χ3n) is 3.54. The van der Waals surface area contributed by atoms with Crippen LogP contribution in [-0.2, 0) is 0 Å². The number of para-hydroxylation sites is 1. The summed E-state index contributed by atoms with van der Waals surface area (Å²) < 4.78 is 0. The number of benzene rings is 2. The Hall–Kier alpha value is -2.28. The van der Waals surface area contributed by atoms with E-state index in [2.05, 4.69) is 84.8 Å². The van der Waals surface area contributed by atoms with E-state index in [9.17, 15) is 0 Å². The van der Waals surface area contributed by atoms with Crippen LogP contribution in [0.25, 0.3) is 11.8 Å². The van der Waals surface area contributed by atoms with Crippen molar-refractivity contribution >= 4 is 17.5 Å². The molecular formula is C18H17N. The summed E-state index contributed by atoms with van der Waals surface area (Å²) in [5, 5.41) is 2.60. The maximum atomic E-state index is 2.28. The Labute approximate surface area is 113 Å². The van der Waals surface area contributed by atoms with Gasteiger partial charge in [-0.05, 0) is 17.4 Å². The summed E-state index contributed by atoms with van der Waals surface area (Å²) in [4.78, 5) is 2.28. The van der Waals surface area contributed by atoms with Gasteiger partial charge in [-0.25, -0.2) is 0 Å². The van der Waals surface area contributed by atoms with Crippen LogP contribution in [-0.4, -0.2) is 7.05 Å². The smallest absolute Gasteiger partial charge is 0.0405 e. The summed E-state index contributed by atoms with van der Waals surface area (Å²) in [6.07, 6.45) is 7.50. The van der Waals surface area contributed by atoms with E-state index in [-0.39, 0.29) is 0 Å². The minimum atomic E-state index is 0.957. The second kappa shape index (κ2) is 5.15. The molecule has 0 saturated carbocycles. The summed E-state index contributed by atoms with van der Waals surface area (Å²) in [6, 6.07) is 19.1. The zero-order chi connectivity index (χ0) is 13.1. The van der Waals surface area contributed by atoms with Crippen molar-refractivity contribution in [1.82, 2.24) is 0 Å². The minimum Gasteiger partial charge on any atom is -0.347 e. The lowest BCUT2D eigenvalue weighted by molar-refractivity contribution is 1.14. The predicted molar refractivity (Wildman–Crippen MR) is 82.2 cm³/mol. The Morgan fingerprint density at radius 1 is 0.895 bits per heavy atom. The molecule has 2 aromatic rings. The van der Waals surface area contributed by atoms with E-state index in [0.717, 1.165) is 6.42 Å². The molecule has 1 aliphatic rings. The Balaban J connectivity index is 2.19. The van der Waals surface area contributed by atoms with E-state index >= 15 is 0 Å². The average molecular weight is 247 g/mol. The molecule has 0 N–H and O–H groups in total. The summed E-state index contributed by atoms with van der Waals surface area (Å²) in [7, 11) is 2.14. The van der Waals surface area contributed by atoms with E-state index in [1.807, 2.05) is 0 Å². The van der Waals surface area contributed by atoms with Crippen molar-refractivity contribution in [2.75, 3.05) is 11.9 Å². The standard InChI is InChI=1S/C18H17N/c1-19(16-11-3-2-4-12-16)18-14-8-6-10-15-9-5-7-13-17(15)18/h2-13H,14H2,1H3. The first-order chi connectivity index (χ1) is 9.36. The van der Waals surface area contributed by atoms with Crippen molar-refractivity contribution in [3.8, 4) is 0 Å². The van der Waals surface area contributed by atoms with Crippen LogP contribution < -0.4 is 15.3 Å². The van der Waals surface area contributed by atoms with Crippen LogP contribution >= 0.6 is 0 Å². The van der Waals surface area contributed by atoms with Crippen LogP contribution in [0.1, 0.15) is 6.42 Å². The van der Waals surface area contributed by atoms with E-state index in [1.165, 1.54) is 21.8 Å². The van der Waals surface area contributed by atoms with E-state index in [0.29, 0.717) is 0 Å². The molecule has 1 heteroatoms. The van der Waals surface area contributed by atoms with Crippen molar-refractivity contribution < 1.29 is 0 Å². The highest BCUT2D eigenvalue weighted by atomic mass is 15.1. The topological polar surface area (TPSA) is 3.24 Å². The molecule has 0 atom stereocenters. The van der Waals surface area contributed by atoms with Crippen LogP contribution in [0, 0.1) is 0 Å². The predicted octanol–water partition coefficient (Wildman–Crippen LogP) is 2.67. The molecule has 0 unspecified atom stereocenters. The lowest BCUT2D eigenvalue weighted by Crippen LogP contribution is -2.32. The van der Waals surface area contributed by atoms with Crippen molar-refractivity contribution in [2.24, 2.45) is 0 Å². The normalized spacial score (nSPS) is 13.4. The van der Waals surface area contributed by atoms with Gasteiger partial charge in [0.25, 0.3) is 0 Å². The van der Waals surface area contributed by atoms with Gasteiger partial charge in [-0.2, -0.15) is 0 Å². The van der Waals surface area contributed by atoms with Gasteiger partial charge >= 0.3 is 0 Å². The van der Waals surface area contributed by atoms with Crippen LogP contribution in [0.15, 0.2) is 66.7 Å². The zero-order valence-electron chi connectivity index (χ0n) is 11.1. The fraction of sp³-hybridized carbons (Fsp3) is 0.111. The molecule has 94 valence electrons. The molecule has 0 spiro atoms. The quantitative estimate of drug-likeness (QED) is 0.788. The fourth-order valence-corrected chi connectivity index (χ4v) is 2.49. The third-order valence-corrected chi connectivity index (χ3v) is 3.54. The van der Waals surface area contributed by atoms with Gasteiger partial charge in [-0.3, -0.25) is 0 Å². The van der Waals surface area contributed by atoms with E-state index in [1.54, 1.807) is 0 Å². The van der Waals surface area contributed by atoms with Crippen LogP contribution in [0.2, 0.25) is 0 Å². The summed E-state index contributed by atoms with van der Waals surface area (Å²) in [5.41, 5.74) is 2.56. The molecule has 0 saturated heterocycles. The Kier molecular flexibility index (Phi) is 3.20. The third kappa shape index (κ3) is 2.32. The van der Waals surface area contributed by atoms with Gasteiger partial charge in [-0.1, -0.05) is 60.7 Å². The van der Waals surface area contributed by atoms with Crippen LogP contribution in [0.3, 0.4) is 0 Å². The van der Waals surface area contributed by atoms with Gasteiger partial charge in [0.05, 0.1) is 0 Å². The van der Waals surface area contributed by atoms with Crippen molar-refractivity contribution in [3.05, 3.63) is 77.2 Å². The Morgan fingerprint density at radius 2 is 1.63 bits per heavy atom. The average Bonchev–Trinajstić information content (AvgIpc) is 2.70.